The van der Waals surface area contributed by atoms with Crippen LogP contribution in [0.3, 0.4) is 0 Å². The highest BCUT2D eigenvalue weighted by atomic mass is 15.0. The summed E-state index contributed by atoms with van der Waals surface area (Å²) in [7, 11) is 0. The molecular formula is C13H20N2. The van der Waals surface area contributed by atoms with Crippen LogP contribution in [-0.4, -0.2) is 19.6 Å². The van der Waals surface area contributed by atoms with E-state index in [4.69, 9.17) is 0 Å². The average Bonchev–Trinajstić information content (AvgIpc) is 2.06. The average molecular weight is 204 g/mol. The van der Waals surface area contributed by atoms with E-state index in [0.717, 1.165) is 25.6 Å². The lowest BCUT2D eigenvalue weighted by molar-refractivity contribution is 0.365. The second-order valence-electron chi connectivity index (χ2n) is 4.68. The van der Waals surface area contributed by atoms with Gasteiger partial charge in [-0.15, -0.1) is 0 Å². The first-order valence-corrected chi connectivity index (χ1v) is 5.69. The first-order chi connectivity index (χ1) is 7.16. The Kier molecular flexibility index (Phi) is 2.96. The van der Waals surface area contributed by atoms with Crippen LogP contribution in [-0.2, 0) is 0 Å². The van der Waals surface area contributed by atoms with E-state index in [2.05, 4.69) is 43.5 Å². The lowest BCUT2D eigenvalue weighted by atomic mass is 10.0. The van der Waals surface area contributed by atoms with Crippen molar-refractivity contribution in [3.05, 3.63) is 28.8 Å². The Labute approximate surface area is 92.1 Å². The van der Waals surface area contributed by atoms with Crippen LogP contribution >= 0.6 is 0 Å². The van der Waals surface area contributed by atoms with Crippen LogP contribution in [0.2, 0.25) is 0 Å². The summed E-state index contributed by atoms with van der Waals surface area (Å²) < 4.78 is 0. The van der Waals surface area contributed by atoms with Crippen molar-refractivity contribution in [2.75, 3.05) is 25.0 Å². The largest absolute Gasteiger partial charge is 0.384 e. The molecule has 0 atom stereocenters. The number of benzene rings is 1. The van der Waals surface area contributed by atoms with Crippen molar-refractivity contribution in [2.24, 2.45) is 5.92 Å². The Morgan fingerprint density at radius 1 is 1.20 bits per heavy atom. The second kappa shape index (κ2) is 4.23. The fourth-order valence-corrected chi connectivity index (χ4v) is 2.20. The van der Waals surface area contributed by atoms with Crippen LogP contribution in [0.25, 0.3) is 0 Å². The van der Waals surface area contributed by atoms with Gasteiger partial charge in [0.2, 0.25) is 0 Å². The first kappa shape index (κ1) is 10.5. The molecule has 1 aromatic rings. The van der Waals surface area contributed by atoms with Crippen molar-refractivity contribution < 1.29 is 0 Å². The highest BCUT2D eigenvalue weighted by Gasteiger charge is 2.16. The normalized spacial score (nSPS) is 16.2. The zero-order valence-corrected chi connectivity index (χ0v) is 9.85. The monoisotopic (exact) mass is 204 g/mol. The third kappa shape index (κ3) is 2.32. The van der Waals surface area contributed by atoms with E-state index >= 15 is 0 Å². The molecule has 0 radical (unpaired) electrons. The van der Waals surface area contributed by atoms with Gasteiger partial charge in [0.05, 0.1) is 0 Å². The van der Waals surface area contributed by atoms with E-state index in [1.54, 1.807) is 0 Å². The van der Waals surface area contributed by atoms with Crippen LogP contribution in [0, 0.1) is 26.7 Å². The van der Waals surface area contributed by atoms with E-state index in [-0.39, 0.29) is 0 Å². The molecule has 1 aliphatic heterocycles. The molecule has 0 bridgehead atoms. The van der Waals surface area contributed by atoms with Gasteiger partial charge in [0.1, 0.15) is 0 Å². The molecule has 0 amide bonds. The minimum Gasteiger partial charge on any atom is -0.384 e. The van der Waals surface area contributed by atoms with Crippen LogP contribution in [0.15, 0.2) is 12.1 Å². The summed E-state index contributed by atoms with van der Waals surface area (Å²) in [5, 5.41) is 6.87. The van der Waals surface area contributed by atoms with Crippen molar-refractivity contribution in [3.8, 4) is 0 Å². The summed E-state index contributed by atoms with van der Waals surface area (Å²) in [6.45, 7) is 9.94. The van der Waals surface area contributed by atoms with Crippen molar-refractivity contribution in [1.82, 2.24) is 5.32 Å². The predicted octanol–water partition coefficient (Wildman–Crippen LogP) is 2.24. The molecule has 1 aromatic carbocycles. The lowest BCUT2D eigenvalue weighted by Crippen LogP contribution is -2.45. The Morgan fingerprint density at radius 2 is 1.80 bits per heavy atom. The van der Waals surface area contributed by atoms with E-state index in [0.29, 0.717) is 0 Å². The van der Waals surface area contributed by atoms with Gasteiger partial charge in [-0.05, 0) is 31.9 Å². The quantitative estimate of drug-likeness (QED) is 0.789. The van der Waals surface area contributed by atoms with Gasteiger partial charge in [-0.3, -0.25) is 0 Å². The predicted molar refractivity (Wildman–Crippen MR) is 65.5 cm³/mol. The molecule has 82 valence electrons. The zero-order valence-electron chi connectivity index (χ0n) is 9.85. The summed E-state index contributed by atoms with van der Waals surface area (Å²) in [4.78, 5) is 0. The Bertz CT molecular complexity index is 331. The summed E-state index contributed by atoms with van der Waals surface area (Å²) >= 11 is 0. The molecule has 0 unspecified atom stereocenters. The third-order valence-electron chi connectivity index (χ3n) is 3.11. The van der Waals surface area contributed by atoms with E-state index in [9.17, 15) is 0 Å². The summed E-state index contributed by atoms with van der Waals surface area (Å²) in [5.74, 6) is 0.810. The molecule has 1 saturated heterocycles. The van der Waals surface area contributed by atoms with Crippen molar-refractivity contribution in [2.45, 2.75) is 20.8 Å². The van der Waals surface area contributed by atoms with Crippen LogP contribution in [0.5, 0.6) is 0 Å². The van der Waals surface area contributed by atoms with Crippen molar-refractivity contribution in [3.63, 3.8) is 0 Å². The van der Waals surface area contributed by atoms with Crippen molar-refractivity contribution >= 4 is 5.69 Å². The standard InChI is InChI=1S/C13H20N2/c1-9-4-10(2)13(11(3)5-9)15-8-12-6-14-7-12/h4-5,12,14-15H,6-8H2,1-3H3. The lowest BCUT2D eigenvalue weighted by Gasteiger charge is -2.28. The number of nitrogens with one attached hydrogen (secondary N) is 2. The summed E-state index contributed by atoms with van der Waals surface area (Å²) in [6.07, 6.45) is 0. The minimum absolute atomic E-state index is 0.810. The van der Waals surface area contributed by atoms with Crippen LogP contribution in [0.4, 0.5) is 5.69 Å². The second-order valence-corrected chi connectivity index (χ2v) is 4.68. The third-order valence-corrected chi connectivity index (χ3v) is 3.11. The molecular weight excluding hydrogens is 184 g/mol. The topological polar surface area (TPSA) is 24.1 Å². The van der Waals surface area contributed by atoms with Gasteiger partial charge in [0, 0.05) is 31.2 Å². The fourth-order valence-electron chi connectivity index (χ4n) is 2.20. The maximum Gasteiger partial charge on any atom is 0.0399 e. The van der Waals surface area contributed by atoms with Gasteiger partial charge in [-0.2, -0.15) is 0 Å². The van der Waals surface area contributed by atoms with Gasteiger partial charge in [0.25, 0.3) is 0 Å². The molecule has 2 N–H and O–H groups in total. The minimum atomic E-state index is 0.810. The molecule has 1 heterocycles. The van der Waals surface area contributed by atoms with Gasteiger partial charge in [-0.25, -0.2) is 0 Å². The number of hydrogen-bond donors (Lipinski definition) is 2. The molecule has 2 nitrogen and oxygen atoms in total. The number of hydrogen-bond acceptors (Lipinski definition) is 2. The number of aryl methyl sites for hydroxylation is 3. The van der Waals surface area contributed by atoms with Gasteiger partial charge < -0.3 is 10.6 Å². The number of anilines is 1. The number of rotatable bonds is 3. The zero-order chi connectivity index (χ0) is 10.8. The molecule has 0 spiro atoms. The molecule has 0 saturated carbocycles. The van der Waals surface area contributed by atoms with Gasteiger partial charge in [0.15, 0.2) is 0 Å². The van der Waals surface area contributed by atoms with E-state index in [1.807, 2.05) is 0 Å². The Morgan fingerprint density at radius 3 is 2.27 bits per heavy atom. The molecule has 1 aliphatic rings. The fraction of sp³-hybridized carbons (Fsp3) is 0.538. The Hall–Kier alpha value is -1.02. The first-order valence-electron chi connectivity index (χ1n) is 5.69. The van der Waals surface area contributed by atoms with Crippen LogP contribution < -0.4 is 10.6 Å². The molecule has 2 rings (SSSR count). The molecule has 15 heavy (non-hydrogen) atoms. The molecule has 2 heteroatoms. The van der Waals surface area contributed by atoms with Crippen molar-refractivity contribution in [1.29, 1.82) is 0 Å². The molecule has 0 aliphatic carbocycles. The van der Waals surface area contributed by atoms with E-state index in [1.165, 1.54) is 22.4 Å². The maximum absolute atomic E-state index is 3.57. The van der Waals surface area contributed by atoms with Crippen LogP contribution in [0.1, 0.15) is 16.7 Å². The highest BCUT2D eigenvalue weighted by Crippen LogP contribution is 2.22. The Balaban J connectivity index is 2.05. The summed E-state index contributed by atoms with van der Waals surface area (Å²) in [5.41, 5.74) is 5.40. The maximum atomic E-state index is 3.57. The van der Waals surface area contributed by atoms with Gasteiger partial charge in [-0.1, -0.05) is 17.7 Å². The van der Waals surface area contributed by atoms with E-state index < -0.39 is 0 Å². The molecule has 1 fully saturated rings. The summed E-state index contributed by atoms with van der Waals surface area (Å²) in [6, 6.07) is 4.49. The molecule has 0 aromatic heterocycles. The highest BCUT2D eigenvalue weighted by molar-refractivity contribution is 5.58. The van der Waals surface area contributed by atoms with Gasteiger partial charge >= 0.3 is 0 Å². The SMILES string of the molecule is Cc1cc(C)c(NCC2CNC2)c(C)c1. The smallest absolute Gasteiger partial charge is 0.0399 e.